The topological polar surface area (TPSA) is 56.5 Å². The van der Waals surface area contributed by atoms with Gasteiger partial charge in [-0.05, 0) is 56.7 Å². The zero-order valence-electron chi connectivity index (χ0n) is 13.8. The lowest BCUT2D eigenvalue weighted by atomic mass is 10.0. The Balaban J connectivity index is 2.05. The van der Waals surface area contributed by atoms with E-state index in [0.717, 1.165) is 10.9 Å². The van der Waals surface area contributed by atoms with Crippen molar-refractivity contribution in [3.63, 3.8) is 0 Å². The Hall–Kier alpha value is -2.30. The van der Waals surface area contributed by atoms with Crippen molar-refractivity contribution in [2.75, 3.05) is 0 Å². The fraction of sp³-hybridized carbons (Fsp3) is 0.158. The number of ether oxygens (including phenoxy) is 1. The Morgan fingerprint density at radius 3 is 2.40 bits per heavy atom. The van der Waals surface area contributed by atoms with Crippen LogP contribution in [0.2, 0.25) is 10.0 Å². The SMILES string of the molecule is Cc1c(C)c2ccc(OC(=O)c3ccc(Cl)cc3Cl)c(C)c2oc1=O. The molecule has 0 bridgehead atoms. The van der Waals surface area contributed by atoms with Gasteiger partial charge in [-0.3, -0.25) is 0 Å². The first kappa shape index (κ1) is 17.5. The van der Waals surface area contributed by atoms with E-state index in [-0.39, 0.29) is 10.6 Å². The van der Waals surface area contributed by atoms with Gasteiger partial charge < -0.3 is 9.15 Å². The van der Waals surface area contributed by atoms with Gasteiger partial charge in [-0.25, -0.2) is 9.59 Å². The summed E-state index contributed by atoms with van der Waals surface area (Å²) < 4.78 is 10.8. The predicted octanol–water partition coefficient (Wildman–Crippen LogP) is 5.24. The minimum Gasteiger partial charge on any atom is -0.422 e. The molecule has 0 saturated heterocycles. The van der Waals surface area contributed by atoms with Crippen molar-refractivity contribution < 1.29 is 13.9 Å². The van der Waals surface area contributed by atoms with Crippen molar-refractivity contribution in [1.29, 1.82) is 0 Å². The zero-order valence-corrected chi connectivity index (χ0v) is 15.3. The van der Waals surface area contributed by atoms with Crippen LogP contribution < -0.4 is 10.4 Å². The number of carbonyl (C=O) groups excluding carboxylic acids is 1. The maximum atomic E-state index is 12.4. The summed E-state index contributed by atoms with van der Waals surface area (Å²) in [6.07, 6.45) is 0. The van der Waals surface area contributed by atoms with E-state index in [1.807, 2.05) is 6.92 Å². The van der Waals surface area contributed by atoms with E-state index in [1.165, 1.54) is 12.1 Å². The zero-order chi connectivity index (χ0) is 18.3. The van der Waals surface area contributed by atoms with Crippen LogP contribution in [0, 0.1) is 20.8 Å². The molecule has 3 rings (SSSR count). The van der Waals surface area contributed by atoms with Crippen molar-refractivity contribution >= 4 is 40.1 Å². The van der Waals surface area contributed by atoms with Gasteiger partial charge in [0.15, 0.2) is 0 Å². The normalized spacial score (nSPS) is 10.9. The second-order valence-corrected chi connectivity index (χ2v) is 6.56. The number of esters is 1. The summed E-state index contributed by atoms with van der Waals surface area (Å²) in [4.78, 5) is 24.3. The lowest BCUT2D eigenvalue weighted by Gasteiger charge is -2.11. The van der Waals surface area contributed by atoms with Crippen LogP contribution >= 0.6 is 23.2 Å². The average molecular weight is 377 g/mol. The number of carbonyl (C=O) groups is 1. The number of fused-ring (bicyclic) bond motifs is 1. The van der Waals surface area contributed by atoms with Crippen LogP contribution in [-0.2, 0) is 0 Å². The van der Waals surface area contributed by atoms with Crippen LogP contribution in [0.4, 0.5) is 0 Å². The Bertz CT molecular complexity index is 1070. The third-order valence-corrected chi connectivity index (χ3v) is 4.73. The molecule has 0 aliphatic carbocycles. The van der Waals surface area contributed by atoms with E-state index in [1.54, 1.807) is 32.0 Å². The Morgan fingerprint density at radius 1 is 1.00 bits per heavy atom. The fourth-order valence-corrected chi connectivity index (χ4v) is 3.03. The van der Waals surface area contributed by atoms with Gasteiger partial charge in [0.25, 0.3) is 0 Å². The molecular weight excluding hydrogens is 363 g/mol. The van der Waals surface area contributed by atoms with Gasteiger partial charge in [-0.15, -0.1) is 0 Å². The van der Waals surface area contributed by atoms with E-state index in [9.17, 15) is 9.59 Å². The standard InChI is InChI=1S/C19H14Cl2O4/c1-9-10(2)18(22)25-17-11(3)16(7-6-13(9)17)24-19(23)14-5-4-12(20)8-15(14)21/h4-8H,1-3H3. The number of aryl methyl sites for hydroxylation is 2. The molecule has 3 aromatic rings. The van der Waals surface area contributed by atoms with Crippen molar-refractivity contribution in [2.45, 2.75) is 20.8 Å². The van der Waals surface area contributed by atoms with Crippen LogP contribution in [-0.4, -0.2) is 5.97 Å². The van der Waals surface area contributed by atoms with Crippen LogP contribution in [0.15, 0.2) is 39.5 Å². The van der Waals surface area contributed by atoms with Crippen molar-refractivity contribution in [3.05, 3.63) is 73.1 Å². The molecule has 0 amide bonds. The Kier molecular flexibility index (Phi) is 4.58. The molecule has 4 nitrogen and oxygen atoms in total. The molecule has 0 spiro atoms. The summed E-state index contributed by atoms with van der Waals surface area (Å²) in [7, 11) is 0. The lowest BCUT2D eigenvalue weighted by molar-refractivity contribution is 0.0734. The number of hydrogen-bond acceptors (Lipinski definition) is 4. The first-order chi connectivity index (χ1) is 11.8. The van der Waals surface area contributed by atoms with E-state index >= 15 is 0 Å². The smallest absolute Gasteiger partial charge is 0.345 e. The molecule has 2 aromatic carbocycles. The quantitative estimate of drug-likeness (QED) is 0.348. The van der Waals surface area contributed by atoms with E-state index in [4.69, 9.17) is 32.4 Å². The molecule has 128 valence electrons. The van der Waals surface area contributed by atoms with Gasteiger partial charge in [-0.1, -0.05) is 23.2 Å². The van der Waals surface area contributed by atoms with Gasteiger partial charge in [0, 0.05) is 21.5 Å². The number of hydrogen-bond donors (Lipinski definition) is 0. The molecule has 6 heteroatoms. The fourth-order valence-electron chi connectivity index (χ4n) is 2.55. The summed E-state index contributed by atoms with van der Waals surface area (Å²) in [5.74, 6) is -0.315. The summed E-state index contributed by atoms with van der Waals surface area (Å²) >= 11 is 11.9. The number of halogens is 2. The Labute approximate surface area is 153 Å². The maximum Gasteiger partial charge on any atom is 0.345 e. The monoisotopic (exact) mass is 376 g/mol. The molecule has 0 radical (unpaired) electrons. The second-order valence-electron chi connectivity index (χ2n) is 5.72. The highest BCUT2D eigenvalue weighted by molar-refractivity contribution is 6.36. The number of benzene rings is 2. The molecule has 0 aliphatic heterocycles. The van der Waals surface area contributed by atoms with Crippen LogP contribution in [0.5, 0.6) is 5.75 Å². The predicted molar refractivity (Wildman–Crippen MR) is 98.1 cm³/mol. The highest BCUT2D eigenvalue weighted by atomic mass is 35.5. The van der Waals surface area contributed by atoms with Gasteiger partial charge in [0.2, 0.25) is 0 Å². The molecule has 0 unspecified atom stereocenters. The lowest BCUT2D eigenvalue weighted by Crippen LogP contribution is -2.11. The molecular formula is C19H14Cl2O4. The number of rotatable bonds is 2. The molecule has 0 saturated carbocycles. The first-order valence-corrected chi connectivity index (χ1v) is 8.26. The molecule has 0 aliphatic rings. The first-order valence-electron chi connectivity index (χ1n) is 7.50. The minimum absolute atomic E-state index is 0.201. The third kappa shape index (κ3) is 3.15. The highest BCUT2D eigenvalue weighted by Gasteiger charge is 2.17. The minimum atomic E-state index is -0.615. The molecule has 1 heterocycles. The average Bonchev–Trinajstić information content (AvgIpc) is 2.55. The molecule has 0 N–H and O–H groups in total. The van der Waals surface area contributed by atoms with Crippen LogP contribution in [0.25, 0.3) is 11.0 Å². The van der Waals surface area contributed by atoms with Crippen molar-refractivity contribution in [2.24, 2.45) is 0 Å². The van der Waals surface area contributed by atoms with E-state index < -0.39 is 11.6 Å². The summed E-state index contributed by atoms with van der Waals surface area (Å²) in [6, 6.07) is 7.96. The Morgan fingerprint density at radius 2 is 1.72 bits per heavy atom. The molecule has 0 atom stereocenters. The van der Waals surface area contributed by atoms with Crippen LogP contribution in [0.3, 0.4) is 0 Å². The van der Waals surface area contributed by atoms with E-state index in [2.05, 4.69) is 0 Å². The van der Waals surface area contributed by atoms with Gasteiger partial charge in [0.05, 0.1) is 10.6 Å². The molecule has 25 heavy (non-hydrogen) atoms. The second kappa shape index (κ2) is 6.54. The summed E-state index contributed by atoms with van der Waals surface area (Å²) in [5, 5.41) is 1.43. The highest BCUT2D eigenvalue weighted by Crippen LogP contribution is 2.30. The maximum absolute atomic E-state index is 12.4. The van der Waals surface area contributed by atoms with Gasteiger partial charge in [0.1, 0.15) is 11.3 Å². The van der Waals surface area contributed by atoms with Gasteiger partial charge >= 0.3 is 11.6 Å². The third-order valence-electron chi connectivity index (χ3n) is 4.18. The molecule has 1 aromatic heterocycles. The summed E-state index contributed by atoms with van der Waals surface area (Å²) in [6.45, 7) is 5.30. The van der Waals surface area contributed by atoms with Crippen molar-refractivity contribution in [3.8, 4) is 5.75 Å². The van der Waals surface area contributed by atoms with Crippen molar-refractivity contribution in [1.82, 2.24) is 0 Å². The molecule has 0 fully saturated rings. The van der Waals surface area contributed by atoms with E-state index in [0.29, 0.717) is 27.5 Å². The van der Waals surface area contributed by atoms with Gasteiger partial charge in [-0.2, -0.15) is 0 Å². The summed E-state index contributed by atoms with van der Waals surface area (Å²) in [5.41, 5.74) is 2.17. The van der Waals surface area contributed by atoms with Crippen LogP contribution in [0.1, 0.15) is 27.0 Å². The largest absolute Gasteiger partial charge is 0.422 e.